The highest BCUT2D eigenvalue weighted by atomic mass is 32.1. The second-order valence-electron chi connectivity index (χ2n) is 4.17. The number of H-pyrrole nitrogens is 1. The smallest absolute Gasteiger partial charge is 0.282 e. The van der Waals surface area contributed by atoms with Crippen LogP contribution in [0.1, 0.15) is 11.1 Å². The summed E-state index contributed by atoms with van der Waals surface area (Å²) in [5.41, 5.74) is 3.32. The molecule has 0 radical (unpaired) electrons. The van der Waals surface area contributed by atoms with Crippen LogP contribution in [0.15, 0.2) is 42.6 Å². The lowest BCUT2D eigenvalue weighted by Crippen LogP contribution is -2.24. The molecule has 0 spiro atoms. The van der Waals surface area contributed by atoms with Crippen molar-refractivity contribution in [3.8, 4) is 0 Å². The normalized spacial score (nSPS) is 9.89. The number of aryl methyl sites for hydroxylation is 2. The predicted molar refractivity (Wildman–Crippen MR) is 78.8 cm³/mol. The molecule has 4 heteroatoms. The summed E-state index contributed by atoms with van der Waals surface area (Å²) in [7, 11) is 0. The van der Waals surface area contributed by atoms with Gasteiger partial charge in [-0.15, -0.1) is 0 Å². The first-order chi connectivity index (χ1) is 8.65. The van der Waals surface area contributed by atoms with Gasteiger partial charge in [-0.25, -0.2) is 10.3 Å². The van der Waals surface area contributed by atoms with Gasteiger partial charge in [-0.1, -0.05) is 17.7 Å². The van der Waals surface area contributed by atoms with Crippen molar-refractivity contribution in [1.82, 2.24) is 0 Å². The highest BCUT2D eigenvalue weighted by molar-refractivity contribution is 7.80. The first-order valence-electron chi connectivity index (χ1n) is 5.77. The number of aromatic amines is 1. The van der Waals surface area contributed by atoms with E-state index in [2.05, 4.69) is 22.5 Å². The minimum Gasteiger partial charge on any atom is -0.313 e. The Hall–Kier alpha value is -1.94. The van der Waals surface area contributed by atoms with Crippen molar-refractivity contribution in [3.63, 3.8) is 0 Å². The quantitative estimate of drug-likeness (QED) is 0.813. The maximum absolute atomic E-state index is 5.27. The first-order valence-corrected chi connectivity index (χ1v) is 6.18. The maximum atomic E-state index is 5.27. The van der Waals surface area contributed by atoms with Crippen LogP contribution in [-0.2, 0) is 0 Å². The average molecular weight is 258 g/mol. The average Bonchev–Trinajstić information content (AvgIpc) is 2.35. The Morgan fingerprint density at radius 2 is 1.78 bits per heavy atom. The minimum absolute atomic E-state index is 0.574. The van der Waals surface area contributed by atoms with E-state index in [0.717, 1.165) is 17.1 Å². The topological polar surface area (TPSA) is 38.2 Å². The predicted octanol–water partition coefficient (Wildman–Crippen LogP) is 2.93. The van der Waals surface area contributed by atoms with Crippen molar-refractivity contribution < 1.29 is 4.98 Å². The number of hydrogen-bond acceptors (Lipinski definition) is 1. The third kappa shape index (κ3) is 3.28. The number of anilines is 2. The number of benzene rings is 1. The zero-order chi connectivity index (χ0) is 13.0. The van der Waals surface area contributed by atoms with Gasteiger partial charge in [0.15, 0.2) is 0 Å². The zero-order valence-corrected chi connectivity index (χ0v) is 11.3. The summed E-state index contributed by atoms with van der Waals surface area (Å²) < 4.78 is 0. The molecule has 3 N–H and O–H groups in total. The van der Waals surface area contributed by atoms with Crippen LogP contribution in [0.3, 0.4) is 0 Å². The molecule has 1 aromatic carbocycles. The SMILES string of the molecule is Cc1ccc(NC(=S)Nc2[nH+]cccc2C)cc1. The second kappa shape index (κ2) is 5.60. The second-order valence-corrected chi connectivity index (χ2v) is 4.58. The molecule has 0 bridgehead atoms. The fourth-order valence-electron chi connectivity index (χ4n) is 1.57. The van der Waals surface area contributed by atoms with Gasteiger partial charge >= 0.3 is 0 Å². The summed E-state index contributed by atoms with van der Waals surface area (Å²) in [6.45, 7) is 4.08. The van der Waals surface area contributed by atoms with Gasteiger partial charge in [-0.2, -0.15) is 0 Å². The van der Waals surface area contributed by atoms with Gasteiger partial charge in [0, 0.05) is 11.3 Å². The Morgan fingerprint density at radius 1 is 1.06 bits per heavy atom. The van der Waals surface area contributed by atoms with Crippen LogP contribution < -0.4 is 15.6 Å². The molecule has 0 fully saturated rings. The number of thiocarbonyl (C=S) groups is 1. The maximum Gasteiger partial charge on any atom is 0.282 e. The lowest BCUT2D eigenvalue weighted by atomic mass is 10.2. The molecule has 0 atom stereocenters. The molecular weight excluding hydrogens is 242 g/mol. The fraction of sp³-hybridized carbons (Fsp3) is 0.143. The molecular formula is C14H16N3S+. The van der Waals surface area contributed by atoms with E-state index in [9.17, 15) is 0 Å². The van der Waals surface area contributed by atoms with Crippen molar-refractivity contribution >= 4 is 28.8 Å². The van der Waals surface area contributed by atoms with Crippen LogP contribution in [0.2, 0.25) is 0 Å². The van der Waals surface area contributed by atoms with Crippen LogP contribution in [0.4, 0.5) is 11.5 Å². The summed E-state index contributed by atoms with van der Waals surface area (Å²) in [5.74, 6) is 0.905. The van der Waals surface area contributed by atoms with Gasteiger partial charge in [0.25, 0.3) is 10.9 Å². The Morgan fingerprint density at radius 3 is 2.44 bits per heavy atom. The molecule has 1 aromatic heterocycles. The van der Waals surface area contributed by atoms with E-state index in [4.69, 9.17) is 12.2 Å². The van der Waals surface area contributed by atoms with E-state index in [-0.39, 0.29) is 0 Å². The van der Waals surface area contributed by atoms with Crippen LogP contribution in [0.5, 0.6) is 0 Å². The number of nitrogens with one attached hydrogen (secondary N) is 3. The lowest BCUT2D eigenvalue weighted by molar-refractivity contribution is -0.360. The van der Waals surface area contributed by atoms with Crippen LogP contribution >= 0.6 is 12.2 Å². The fourth-order valence-corrected chi connectivity index (χ4v) is 1.79. The first kappa shape index (κ1) is 12.5. The van der Waals surface area contributed by atoms with Gasteiger partial charge in [-0.05, 0) is 50.3 Å². The molecule has 0 aliphatic heterocycles. The van der Waals surface area contributed by atoms with Crippen LogP contribution in [0.25, 0.3) is 0 Å². The summed E-state index contributed by atoms with van der Waals surface area (Å²) in [6.07, 6.45) is 1.86. The molecule has 3 nitrogen and oxygen atoms in total. The Labute approximate surface area is 112 Å². The van der Waals surface area contributed by atoms with Crippen LogP contribution in [-0.4, -0.2) is 5.11 Å². The Bertz CT molecular complexity index is 549. The molecule has 92 valence electrons. The van der Waals surface area contributed by atoms with Crippen LogP contribution in [0, 0.1) is 13.8 Å². The molecule has 0 saturated carbocycles. The molecule has 0 aliphatic carbocycles. The van der Waals surface area contributed by atoms with Gasteiger partial charge in [-0.3, -0.25) is 0 Å². The molecule has 0 amide bonds. The molecule has 0 aliphatic rings. The number of hydrogen-bond donors (Lipinski definition) is 2. The third-order valence-electron chi connectivity index (χ3n) is 2.61. The number of pyridine rings is 1. The van der Waals surface area contributed by atoms with Crippen molar-refractivity contribution in [2.24, 2.45) is 0 Å². The van der Waals surface area contributed by atoms with Gasteiger partial charge in [0.2, 0.25) is 0 Å². The molecule has 2 rings (SSSR count). The van der Waals surface area contributed by atoms with Crippen molar-refractivity contribution in [2.75, 3.05) is 10.6 Å². The monoisotopic (exact) mass is 258 g/mol. The van der Waals surface area contributed by atoms with E-state index in [1.54, 1.807) is 0 Å². The van der Waals surface area contributed by atoms with E-state index in [1.165, 1.54) is 5.56 Å². The van der Waals surface area contributed by atoms with E-state index in [1.807, 2.05) is 49.5 Å². The summed E-state index contributed by atoms with van der Waals surface area (Å²) in [4.78, 5) is 3.12. The van der Waals surface area contributed by atoms with Gasteiger partial charge < -0.3 is 5.32 Å². The molecule has 2 aromatic rings. The largest absolute Gasteiger partial charge is 0.313 e. The molecule has 18 heavy (non-hydrogen) atoms. The summed E-state index contributed by atoms with van der Waals surface area (Å²) in [5, 5.41) is 6.86. The van der Waals surface area contributed by atoms with Crippen molar-refractivity contribution in [2.45, 2.75) is 13.8 Å². The Balaban J connectivity index is 2.01. The number of aromatic nitrogens is 1. The van der Waals surface area contributed by atoms with Crippen molar-refractivity contribution in [3.05, 3.63) is 53.7 Å². The lowest BCUT2D eigenvalue weighted by Gasteiger charge is -2.06. The van der Waals surface area contributed by atoms with E-state index < -0.39 is 0 Å². The highest BCUT2D eigenvalue weighted by Gasteiger charge is 2.08. The Kier molecular flexibility index (Phi) is 3.89. The highest BCUT2D eigenvalue weighted by Crippen LogP contribution is 2.10. The summed E-state index contributed by atoms with van der Waals surface area (Å²) >= 11 is 5.27. The number of rotatable bonds is 2. The van der Waals surface area contributed by atoms with Gasteiger partial charge in [0.1, 0.15) is 0 Å². The zero-order valence-electron chi connectivity index (χ0n) is 10.4. The molecule has 0 saturated heterocycles. The summed E-state index contributed by atoms with van der Waals surface area (Å²) in [6, 6.07) is 12.1. The molecule has 0 unspecified atom stereocenters. The van der Waals surface area contributed by atoms with Crippen molar-refractivity contribution in [1.29, 1.82) is 0 Å². The standard InChI is InChI=1S/C14H15N3S/c1-10-5-7-12(8-6-10)16-14(18)17-13-11(2)4-3-9-15-13/h3-9H,1-2H3,(H2,15,16,17,18)/p+1. The minimum atomic E-state index is 0.574. The van der Waals surface area contributed by atoms with Gasteiger partial charge in [0.05, 0.1) is 6.20 Å². The van der Waals surface area contributed by atoms with E-state index >= 15 is 0 Å². The molecule has 1 heterocycles. The third-order valence-corrected chi connectivity index (χ3v) is 2.82. The van der Waals surface area contributed by atoms with E-state index in [0.29, 0.717) is 5.11 Å².